The van der Waals surface area contributed by atoms with Crippen molar-refractivity contribution in [3.63, 3.8) is 0 Å². The summed E-state index contributed by atoms with van der Waals surface area (Å²) in [6, 6.07) is 4.87. The first-order valence-electron chi connectivity index (χ1n) is 7.16. The van der Waals surface area contributed by atoms with Gasteiger partial charge in [-0.25, -0.2) is 0 Å². The number of carboxylic acids is 1. The fraction of sp³-hybridized carbons (Fsp3) is 0.400. The molecule has 23 heavy (non-hydrogen) atoms. The van der Waals surface area contributed by atoms with Crippen molar-refractivity contribution in [1.82, 2.24) is 5.32 Å². The van der Waals surface area contributed by atoms with Gasteiger partial charge in [0.1, 0.15) is 5.92 Å². The molecule has 1 aliphatic heterocycles. The largest absolute Gasteiger partial charge is 0.481 e. The van der Waals surface area contributed by atoms with Crippen LogP contribution in [0.1, 0.15) is 19.3 Å². The van der Waals surface area contributed by atoms with Crippen molar-refractivity contribution >= 4 is 46.7 Å². The minimum atomic E-state index is -0.915. The molecule has 0 saturated carbocycles. The molecule has 2 amide bonds. The maximum absolute atomic E-state index is 12.4. The third-order valence-corrected chi connectivity index (χ3v) is 4.34. The smallest absolute Gasteiger partial charge is 0.303 e. The molecule has 1 aromatic carbocycles. The number of carboxylic acid groups (broad SMARTS) is 1. The van der Waals surface area contributed by atoms with Crippen LogP contribution in [0.25, 0.3) is 0 Å². The third-order valence-electron chi connectivity index (χ3n) is 3.60. The number of nitrogens with one attached hydrogen (secondary N) is 1. The van der Waals surface area contributed by atoms with E-state index in [0.29, 0.717) is 35.1 Å². The highest BCUT2D eigenvalue weighted by atomic mass is 35.5. The second kappa shape index (κ2) is 7.66. The number of rotatable bonds is 6. The van der Waals surface area contributed by atoms with Gasteiger partial charge in [-0.05, 0) is 31.0 Å². The summed E-state index contributed by atoms with van der Waals surface area (Å²) in [5, 5.41) is 11.9. The van der Waals surface area contributed by atoms with Crippen molar-refractivity contribution < 1.29 is 19.5 Å². The Morgan fingerprint density at radius 1 is 1.30 bits per heavy atom. The number of aliphatic carboxylic acids is 1. The average molecular weight is 359 g/mol. The molecular weight excluding hydrogens is 343 g/mol. The molecule has 2 N–H and O–H groups in total. The monoisotopic (exact) mass is 358 g/mol. The van der Waals surface area contributed by atoms with E-state index in [1.807, 2.05) is 0 Å². The number of carbonyl (C=O) groups excluding carboxylic acids is 2. The van der Waals surface area contributed by atoms with E-state index >= 15 is 0 Å². The van der Waals surface area contributed by atoms with E-state index in [-0.39, 0.29) is 24.8 Å². The van der Waals surface area contributed by atoms with Gasteiger partial charge in [0.15, 0.2) is 0 Å². The Morgan fingerprint density at radius 2 is 2.04 bits per heavy atom. The Morgan fingerprint density at radius 3 is 2.70 bits per heavy atom. The van der Waals surface area contributed by atoms with Gasteiger partial charge in [-0.2, -0.15) is 0 Å². The zero-order valence-electron chi connectivity index (χ0n) is 12.2. The van der Waals surface area contributed by atoms with Crippen LogP contribution in [0.5, 0.6) is 0 Å². The van der Waals surface area contributed by atoms with Crippen molar-refractivity contribution in [2.24, 2.45) is 5.92 Å². The maximum atomic E-state index is 12.4. The topological polar surface area (TPSA) is 86.7 Å². The van der Waals surface area contributed by atoms with Gasteiger partial charge in [0.05, 0.1) is 10.0 Å². The SMILES string of the molecule is O=C(O)CCCNC(=O)C1CCN(c2ccc(Cl)c(Cl)c2)C1=O. The van der Waals surface area contributed by atoms with Crippen molar-refractivity contribution in [2.45, 2.75) is 19.3 Å². The van der Waals surface area contributed by atoms with E-state index in [2.05, 4.69) is 5.32 Å². The lowest BCUT2D eigenvalue weighted by atomic mass is 10.1. The van der Waals surface area contributed by atoms with E-state index in [1.165, 1.54) is 4.90 Å². The maximum Gasteiger partial charge on any atom is 0.303 e. The Labute approximate surface area is 143 Å². The minimum absolute atomic E-state index is 0.0196. The summed E-state index contributed by atoms with van der Waals surface area (Å²) in [4.78, 5) is 36.3. The van der Waals surface area contributed by atoms with Crippen LogP contribution < -0.4 is 10.2 Å². The molecule has 0 aromatic heterocycles. The number of carbonyl (C=O) groups is 3. The number of benzene rings is 1. The van der Waals surface area contributed by atoms with Crippen LogP contribution in [-0.2, 0) is 14.4 Å². The third kappa shape index (κ3) is 4.36. The van der Waals surface area contributed by atoms with Crippen LogP contribution in [0, 0.1) is 5.92 Å². The van der Waals surface area contributed by atoms with Gasteiger partial charge in [0.25, 0.3) is 0 Å². The number of halogens is 2. The first kappa shape index (κ1) is 17.6. The number of nitrogens with zero attached hydrogens (tertiary/aromatic N) is 1. The highest BCUT2D eigenvalue weighted by molar-refractivity contribution is 6.42. The molecule has 1 unspecified atom stereocenters. The summed E-state index contributed by atoms with van der Waals surface area (Å²) in [6.07, 6.45) is 0.719. The van der Waals surface area contributed by atoms with E-state index < -0.39 is 11.9 Å². The number of hydrogen-bond donors (Lipinski definition) is 2. The Balaban J connectivity index is 1.94. The number of anilines is 1. The molecule has 0 spiro atoms. The van der Waals surface area contributed by atoms with Gasteiger partial charge in [-0.15, -0.1) is 0 Å². The lowest BCUT2D eigenvalue weighted by Gasteiger charge is -2.17. The molecule has 0 radical (unpaired) electrons. The lowest BCUT2D eigenvalue weighted by Crippen LogP contribution is -2.37. The molecule has 1 aliphatic rings. The Hall–Kier alpha value is -1.79. The van der Waals surface area contributed by atoms with E-state index in [4.69, 9.17) is 28.3 Å². The molecule has 1 fully saturated rings. The molecule has 8 heteroatoms. The van der Waals surface area contributed by atoms with Crippen LogP contribution in [-0.4, -0.2) is 36.0 Å². The van der Waals surface area contributed by atoms with E-state index in [1.54, 1.807) is 18.2 Å². The fourth-order valence-corrected chi connectivity index (χ4v) is 2.70. The summed E-state index contributed by atoms with van der Waals surface area (Å²) in [5.74, 6) is -2.33. The fourth-order valence-electron chi connectivity index (χ4n) is 2.41. The lowest BCUT2D eigenvalue weighted by molar-refractivity contribution is -0.137. The number of hydrogen-bond acceptors (Lipinski definition) is 3. The van der Waals surface area contributed by atoms with Crippen molar-refractivity contribution in [1.29, 1.82) is 0 Å². The highest BCUT2D eigenvalue weighted by Gasteiger charge is 2.37. The molecular formula is C15H16Cl2N2O4. The quantitative estimate of drug-likeness (QED) is 0.603. The molecule has 6 nitrogen and oxygen atoms in total. The second-order valence-corrected chi connectivity index (χ2v) is 6.03. The van der Waals surface area contributed by atoms with Gasteiger partial charge in [-0.1, -0.05) is 23.2 Å². The minimum Gasteiger partial charge on any atom is -0.481 e. The van der Waals surface area contributed by atoms with Crippen molar-refractivity contribution in [2.75, 3.05) is 18.0 Å². The molecule has 1 saturated heterocycles. The summed E-state index contributed by atoms with van der Waals surface area (Å²) in [5.41, 5.74) is 0.602. The standard InChI is InChI=1S/C15H16Cl2N2O4/c16-11-4-3-9(8-12(11)17)19-7-5-10(15(19)23)14(22)18-6-1-2-13(20)21/h3-4,8,10H,1-2,5-7H2,(H,18,22)(H,20,21). The van der Waals surface area contributed by atoms with Crippen LogP contribution in [0.15, 0.2) is 18.2 Å². The molecule has 1 heterocycles. The summed E-state index contributed by atoms with van der Waals surface area (Å²) in [7, 11) is 0. The normalized spacial score (nSPS) is 17.4. The Bertz CT molecular complexity index is 636. The van der Waals surface area contributed by atoms with Gasteiger partial charge < -0.3 is 15.3 Å². The number of amides is 2. The molecule has 2 rings (SSSR count). The molecule has 1 aromatic rings. The first-order chi connectivity index (χ1) is 10.9. The van der Waals surface area contributed by atoms with Gasteiger partial charge in [0.2, 0.25) is 11.8 Å². The summed E-state index contributed by atoms with van der Waals surface area (Å²) < 4.78 is 0. The molecule has 0 aliphatic carbocycles. The zero-order valence-corrected chi connectivity index (χ0v) is 13.7. The van der Waals surface area contributed by atoms with Crippen molar-refractivity contribution in [3.8, 4) is 0 Å². The molecule has 0 bridgehead atoms. The molecule has 1 atom stereocenters. The first-order valence-corrected chi connectivity index (χ1v) is 7.91. The van der Waals surface area contributed by atoms with E-state index in [0.717, 1.165) is 0 Å². The van der Waals surface area contributed by atoms with E-state index in [9.17, 15) is 14.4 Å². The van der Waals surface area contributed by atoms with Crippen LogP contribution in [0.2, 0.25) is 10.0 Å². The summed E-state index contributed by atoms with van der Waals surface area (Å²) in [6.45, 7) is 0.658. The average Bonchev–Trinajstić information content (AvgIpc) is 2.88. The zero-order chi connectivity index (χ0) is 17.0. The van der Waals surface area contributed by atoms with Gasteiger partial charge in [0, 0.05) is 25.2 Å². The summed E-state index contributed by atoms with van der Waals surface area (Å²) >= 11 is 11.8. The van der Waals surface area contributed by atoms with Crippen LogP contribution in [0.3, 0.4) is 0 Å². The van der Waals surface area contributed by atoms with Crippen LogP contribution >= 0.6 is 23.2 Å². The van der Waals surface area contributed by atoms with Crippen molar-refractivity contribution in [3.05, 3.63) is 28.2 Å². The Kier molecular flexibility index (Phi) is 5.85. The van der Waals surface area contributed by atoms with Crippen LogP contribution in [0.4, 0.5) is 5.69 Å². The van der Waals surface area contributed by atoms with Gasteiger partial charge >= 0.3 is 5.97 Å². The van der Waals surface area contributed by atoms with Gasteiger partial charge in [-0.3, -0.25) is 14.4 Å². The highest BCUT2D eigenvalue weighted by Crippen LogP contribution is 2.31. The predicted molar refractivity (Wildman–Crippen MR) is 86.8 cm³/mol. The predicted octanol–water partition coefficient (Wildman–Crippen LogP) is 2.33. The molecule has 124 valence electrons. The second-order valence-electron chi connectivity index (χ2n) is 5.22.